The van der Waals surface area contributed by atoms with Crippen molar-refractivity contribution in [3.63, 3.8) is 0 Å². The van der Waals surface area contributed by atoms with Crippen molar-refractivity contribution < 1.29 is 4.79 Å². The van der Waals surface area contributed by atoms with Crippen LogP contribution in [0.3, 0.4) is 0 Å². The highest BCUT2D eigenvalue weighted by molar-refractivity contribution is 9.10. The number of hydrogen-bond acceptors (Lipinski definition) is 2. The molecular weight excluding hydrogens is 326 g/mol. The van der Waals surface area contributed by atoms with Crippen LogP contribution in [0.1, 0.15) is 49.4 Å². The van der Waals surface area contributed by atoms with E-state index in [-0.39, 0.29) is 11.8 Å². The molecule has 2 nitrogen and oxygen atoms in total. The minimum Gasteiger partial charge on any atom is -0.293 e. The van der Waals surface area contributed by atoms with Crippen LogP contribution in [0.15, 0.2) is 28.7 Å². The zero-order valence-corrected chi connectivity index (χ0v) is 14.3. The first kappa shape index (κ1) is 15.2. The van der Waals surface area contributed by atoms with Crippen molar-refractivity contribution in [3.8, 4) is 0 Å². The van der Waals surface area contributed by atoms with Crippen molar-refractivity contribution in [2.45, 2.75) is 45.1 Å². The lowest BCUT2D eigenvalue weighted by Crippen LogP contribution is -2.48. The van der Waals surface area contributed by atoms with Crippen molar-refractivity contribution >= 4 is 21.7 Å². The van der Waals surface area contributed by atoms with Crippen molar-refractivity contribution in [2.75, 3.05) is 13.1 Å². The summed E-state index contributed by atoms with van der Waals surface area (Å²) in [5.41, 5.74) is 0.830. The minimum absolute atomic E-state index is 0.00838. The molecule has 1 aliphatic carbocycles. The second-order valence-corrected chi connectivity index (χ2v) is 7.55. The average Bonchev–Trinajstić information content (AvgIpc) is 2.54. The molecule has 1 aromatic carbocycles. The molecule has 0 N–H and O–H groups in total. The number of rotatable bonds is 3. The monoisotopic (exact) mass is 349 g/mol. The van der Waals surface area contributed by atoms with Crippen LogP contribution in [0, 0.1) is 11.8 Å². The molecule has 1 aliphatic heterocycles. The van der Waals surface area contributed by atoms with E-state index >= 15 is 0 Å². The molecule has 3 atom stereocenters. The molecule has 2 fully saturated rings. The topological polar surface area (TPSA) is 20.3 Å². The third-order valence-corrected chi connectivity index (χ3v) is 5.91. The fourth-order valence-electron chi connectivity index (χ4n) is 4.00. The van der Waals surface area contributed by atoms with Gasteiger partial charge in [-0.05, 0) is 50.3 Å². The maximum atomic E-state index is 12.7. The molecule has 0 radical (unpaired) electrons. The second-order valence-electron chi connectivity index (χ2n) is 6.64. The largest absolute Gasteiger partial charge is 0.293 e. The number of piperidine rings is 1. The molecule has 21 heavy (non-hydrogen) atoms. The van der Waals surface area contributed by atoms with Gasteiger partial charge in [0, 0.05) is 16.6 Å². The Morgan fingerprint density at radius 2 is 1.81 bits per heavy atom. The quantitative estimate of drug-likeness (QED) is 0.747. The van der Waals surface area contributed by atoms with E-state index < -0.39 is 0 Å². The molecular formula is C18H24BrNO. The van der Waals surface area contributed by atoms with E-state index in [2.05, 4.69) is 27.8 Å². The van der Waals surface area contributed by atoms with Crippen molar-refractivity contribution in [1.82, 2.24) is 4.90 Å². The Labute approximate surface area is 136 Å². The van der Waals surface area contributed by atoms with Crippen molar-refractivity contribution in [3.05, 3.63) is 34.3 Å². The molecule has 114 valence electrons. The summed E-state index contributed by atoms with van der Waals surface area (Å²) in [6, 6.07) is 7.77. The molecule has 3 heteroatoms. The highest BCUT2D eigenvalue weighted by Gasteiger charge is 2.34. The fraction of sp³-hybridized carbons (Fsp3) is 0.611. The number of carbonyl (C=O) groups excluding carboxylic acids is 1. The number of carbonyl (C=O) groups is 1. The van der Waals surface area contributed by atoms with Crippen LogP contribution < -0.4 is 0 Å². The zero-order chi connectivity index (χ0) is 14.8. The summed E-state index contributed by atoms with van der Waals surface area (Å²) >= 11 is 3.42. The predicted molar refractivity (Wildman–Crippen MR) is 89.6 cm³/mol. The van der Waals surface area contributed by atoms with Gasteiger partial charge in [0.2, 0.25) is 0 Å². The van der Waals surface area contributed by atoms with Crippen molar-refractivity contribution in [1.29, 1.82) is 0 Å². The van der Waals surface area contributed by atoms with E-state index in [1.54, 1.807) is 0 Å². The SMILES string of the molecule is CC(C(=O)c1ccc(Br)cc1)N1CCC2CCCCC2C1. The molecule has 3 unspecified atom stereocenters. The normalized spacial score (nSPS) is 27.9. The molecule has 1 heterocycles. The minimum atomic E-state index is 0.00838. The summed E-state index contributed by atoms with van der Waals surface area (Å²) in [5.74, 6) is 2.01. The Bertz CT molecular complexity index is 498. The Kier molecular flexibility index (Phi) is 4.80. The average molecular weight is 350 g/mol. The van der Waals surface area contributed by atoms with E-state index in [9.17, 15) is 4.79 Å². The first-order chi connectivity index (χ1) is 10.1. The lowest BCUT2D eigenvalue weighted by molar-refractivity contribution is 0.0518. The Balaban J connectivity index is 1.66. The number of Topliss-reactive ketones (excluding diaryl/α,β-unsaturated/α-hetero) is 1. The first-order valence-corrected chi connectivity index (χ1v) is 8.98. The number of hydrogen-bond donors (Lipinski definition) is 0. The smallest absolute Gasteiger partial charge is 0.179 e. The van der Waals surface area contributed by atoms with E-state index in [0.29, 0.717) is 0 Å². The molecule has 1 saturated carbocycles. The maximum absolute atomic E-state index is 12.7. The van der Waals surface area contributed by atoms with Gasteiger partial charge in [0.1, 0.15) is 0 Å². The first-order valence-electron chi connectivity index (χ1n) is 8.19. The highest BCUT2D eigenvalue weighted by Crippen LogP contribution is 2.36. The third-order valence-electron chi connectivity index (χ3n) is 5.38. The van der Waals surface area contributed by atoms with Crippen LogP contribution in [0.25, 0.3) is 0 Å². The van der Waals surface area contributed by atoms with E-state index in [1.807, 2.05) is 24.3 Å². The molecule has 0 bridgehead atoms. The van der Waals surface area contributed by atoms with Gasteiger partial charge in [-0.1, -0.05) is 47.3 Å². The molecule has 3 rings (SSSR count). The molecule has 1 aromatic rings. The van der Waals surface area contributed by atoms with Crippen LogP contribution in [-0.2, 0) is 0 Å². The van der Waals surface area contributed by atoms with Crippen molar-refractivity contribution in [2.24, 2.45) is 11.8 Å². The summed E-state index contributed by atoms with van der Waals surface area (Å²) < 4.78 is 1.02. The van der Waals surface area contributed by atoms with Gasteiger partial charge in [-0.3, -0.25) is 9.69 Å². The van der Waals surface area contributed by atoms with E-state index in [4.69, 9.17) is 0 Å². The lowest BCUT2D eigenvalue weighted by atomic mass is 9.75. The van der Waals surface area contributed by atoms with Crippen LogP contribution in [0.5, 0.6) is 0 Å². The maximum Gasteiger partial charge on any atom is 0.179 e. The van der Waals surface area contributed by atoms with Crippen LogP contribution in [0.2, 0.25) is 0 Å². The Morgan fingerprint density at radius 3 is 2.52 bits per heavy atom. The lowest BCUT2D eigenvalue weighted by Gasteiger charge is -2.43. The Morgan fingerprint density at radius 1 is 1.14 bits per heavy atom. The second kappa shape index (κ2) is 6.62. The van der Waals surface area contributed by atoms with E-state index in [1.165, 1.54) is 32.1 Å². The van der Waals surface area contributed by atoms with Crippen LogP contribution in [0.4, 0.5) is 0 Å². The molecule has 0 spiro atoms. The third kappa shape index (κ3) is 3.40. The van der Waals surface area contributed by atoms with Gasteiger partial charge in [0.05, 0.1) is 6.04 Å². The summed E-state index contributed by atoms with van der Waals surface area (Å²) in [5, 5.41) is 0. The summed E-state index contributed by atoms with van der Waals surface area (Å²) in [4.78, 5) is 15.1. The predicted octanol–water partition coefficient (Wildman–Crippen LogP) is 4.53. The number of fused-ring (bicyclic) bond motifs is 1. The number of likely N-dealkylation sites (tertiary alicyclic amines) is 1. The van der Waals surface area contributed by atoms with Gasteiger partial charge < -0.3 is 0 Å². The number of nitrogens with zero attached hydrogens (tertiary/aromatic N) is 1. The molecule has 1 saturated heterocycles. The summed E-state index contributed by atoms with van der Waals surface area (Å²) in [6.45, 7) is 4.28. The zero-order valence-electron chi connectivity index (χ0n) is 12.7. The molecule has 0 aromatic heterocycles. The number of ketones is 1. The fourth-order valence-corrected chi connectivity index (χ4v) is 4.27. The van der Waals surface area contributed by atoms with Gasteiger partial charge in [-0.25, -0.2) is 0 Å². The van der Waals surface area contributed by atoms with Crippen LogP contribution in [-0.4, -0.2) is 29.8 Å². The van der Waals surface area contributed by atoms with Gasteiger partial charge in [-0.2, -0.15) is 0 Å². The van der Waals surface area contributed by atoms with Crippen LogP contribution >= 0.6 is 15.9 Å². The van der Waals surface area contributed by atoms with Gasteiger partial charge in [0.25, 0.3) is 0 Å². The Hall–Kier alpha value is -0.670. The summed E-state index contributed by atoms with van der Waals surface area (Å²) in [6.07, 6.45) is 6.84. The van der Waals surface area contributed by atoms with Gasteiger partial charge in [0.15, 0.2) is 5.78 Å². The standard InChI is InChI=1S/C18H24BrNO/c1-13(18(21)15-6-8-17(19)9-7-15)20-11-10-14-4-2-3-5-16(14)12-20/h6-9,13-14,16H,2-5,10-12H2,1H3. The van der Waals surface area contributed by atoms with Gasteiger partial charge in [-0.15, -0.1) is 0 Å². The number of benzene rings is 1. The van der Waals surface area contributed by atoms with Gasteiger partial charge >= 0.3 is 0 Å². The highest BCUT2D eigenvalue weighted by atomic mass is 79.9. The number of halogens is 1. The summed E-state index contributed by atoms with van der Waals surface area (Å²) in [7, 11) is 0. The molecule has 2 aliphatic rings. The molecule has 0 amide bonds. The van der Waals surface area contributed by atoms with E-state index in [0.717, 1.165) is 35.0 Å².